The second-order valence-electron chi connectivity index (χ2n) is 4.85. The molecule has 7 heteroatoms. The van der Waals surface area contributed by atoms with E-state index >= 15 is 0 Å². The Labute approximate surface area is 147 Å². The lowest BCUT2D eigenvalue weighted by molar-refractivity contribution is 0.0946. The Morgan fingerprint density at radius 3 is 2.62 bits per heavy atom. The summed E-state index contributed by atoms with van der Waals surface area (Å²) >= 11 is 3.33. The minimum atomic E-state index is -0.148. The molecule has 0 saturated heterocycles. The summed E-state index contributed by atoms with van der Waals surface area (Å²) in [4.78, 5) is 11.9. The summed E-state index contributed by atoms with van der Waals surface area (Å²) in [7, 11) is 0. The number of nitrogens with zero attached hydrogens (tertiary/aromatic N) is 2. The smallest absolute Gasteiger partial charge is 0.251 e. The fraction of sp³-hybridized carbons (Fsp3) is 0.118. The van der Waals surface area contributed by atoms with Gasteiger partial charge in [-0.05, 0) is 42.5 Å². The molecule has 0 aliphatic carbocycles. The van der Waals surface area contributed by atoms with Crippen LogP contribution in [0.25, 0.3) is 11.5 Å². The molecule has 0 unspecified atom stereocenters. The van der Waals surface area contributed by atoms with Crippen LogP contribution in [0.5, 0.6) is 5.88 Å². The van der Waals surface area contributed by atoms with E-state index in [1.807, 2.05) is 18.2 Å². The van der Waals surface area contributed by atoms with Gasteiger partial charge in [-0.15, -0.1) is 10.2 Å². The fourth-order valence-corrected chi connectivity index (χ4v) is 2.24. The Morgan fingerprint density at radius 2 is 1.96 bits per heavy atom. The predicted octanol–water partition coefficient (Wildman–Crippen LogP) is 3.31. The van der Waals surface area contributed by atoms with E-state index in [-0.39, 0.29) is 5.91 Å². The highest BCUT2D eigenvalue weighted by Crippen LogP contribution is 2.17. The van der Waals surface area contributed by atoms with Crippen LogP contribution in [0.2, 0.25) is 0 Å². The van der Waals surface area contributed by atoms with E-state index < -0.39 is 0 Å². The van der Waals surface area contributed by atoms with E-state index in [2.05, 4.69) is 31.4 Å². The molecule has 0 saturated carbocycles. The number of ether oxygens (including phenoxy) is 1. The van der Waals surface area contributed by atoms with Crippen molar-refractivity contribution >= 4 is 21.8 Å². The summed E-state index contributed by atoms with van der Waals surface area (Å²) in [5, 5.41) is 10.8. The van der Waals surface area contributed by atoms with Gasteiger partial charge in [-0.3, -0.25) is 4.79 Å². The third kappa shape index (κ3) is 4.20. The number of nitrogens with one attached hydrogen (secondary N) is 1. The molecule has 0 bridgehead atoms. The number of amides is 1. The van der Waals surface area contributed by atoms with Crippen molar-refractivity contribution in [2.75, 3.05) is 13.2 Å². The molecular weight excluding hydrogens is 374 g/mol. The van der Waals surface area contributed by atoms with Gasteiger partial charge in [-0.25, -0.2) is 0 Å². The molecule has 0 radical (unpaired) electrons. The number of halogens is 1. The first-order valence-electron chi connectivity index (χ1n) is 7.26. The van der Waals surface area contributed by atoms with Crippen LogP contribution < -0.4 is 10.1 Å². The van der Waals surface area contributed by atoms with Crippen molar-refractivity contribution in [3.63, 3.8) is 0 Å². The van der Waals surface area contributed by atoms with E-state index in [1.165, 1.54) is 0 Å². The zero-order chi connectivity index (χ0) is 16.8. The van der Waals surface area contributed by atoms with Gasteiger partial charge in [0.2, 0.25) is 5.88 Å². The highest BCUT2D eigenvalue weighted by atomic mass is 79.9. The quantitative estimate of drug-likeness (QED) is 0.656. The molecule has 2 heterocycles. The van der Waals surface area contributed by atoms with Crippen LogP contribution in [0.1, 0.15) is 10.4 Å². The normalized spacial score (nSPS) is 10.4. The fourth-order valence-electron chi connectivity index (χ4n) is 1.98. The first kappa shape index (κ1) is 16.2. The highest BCUT2D eigenvalue weighted by molar-refractivity contribution is 9.10. The Morgan fingerprint density at radius 1 is 1.12 bits per heavy atom. The first-order valence-corrected chi connectivity index (χ1v) is 8.06. The van der Waals surface area contributed by atoms with Gasteiger partial charge in [-0.2, -0.15) is 0 Å². The monoisotopic (exact) mass is 387 g/mol. The minimum absolute atomic E-state index is 0.148. The zero-order valence-corrected chi connectivity index (χ0v) is 14.2. The third-order valence-electron chi connectivity index (χ3n) is 3.16. The average Bonchev–Trinajstić information content (AvgIpc) is 3.14. The standard InChI is InChI=1S/C17H14BrN3O3/c18-13-5-3-12(4-6-13)17(22)19-9-11-24-16-8-7-14(20-21-16)15-2-1-10-23-15/h1-8,10H,9,11H2,(H,19,22). The van der Waals surface area contributed by atoms with Crippen LogP contribution >= 0.6 is 15.9 Å². The number of furan rings is 1. The highest BCUT2D eigenvalue weighted by Gasteiger charge is 2.06. The zero-order valence-electron chi connectivity index (χ0n) is 12.6. The molecule has 0 spiro atoms. The topological polar surface area (TPSA) is 77.2 Å². The van der Waals surface area contributed by atoms with Gasteiger partial charge < -0.3 is 14.5 Å². The van der Waals surface area contributed by atoms with Gasteiger partial charge >= 0.3 is 0 Å². The van der Waals surface area contributed by atoms with Crippen molar-refractivity contribution in [1.29, 1.82) is 0 Å². The van der Waals surface area contributed by atoms with Crippen molar-refractivity contribution in [2.45, 2.75) is 0 Å². The molecule has 122 valence electrons. The average molecular weight is 388 g/mol. The lowest BCUT2D eigenvalue weighted by Gasteiger charge is -2.07. The largest absolute Gasteiger partial charge is 0.475 e. The van der Waals surface area contributed by atoms with Crippen molar-refractivity contribution in [3.8, 4) is 17.3 Å². The lowest BCUT2D eigenvalue weighted by atomic mass is 10.2. The minimum Gasteiger partial charge on any atom is -0.475 e. The van der Waals surface area contributed by atoms with E-state index in [1.54, 1.807) is 36.6 Å². The maximum atomic E-state index is 11.9. The van der Waals surface area contributed by atoms with E-state index in [0.717, 1.165) is 4.47 Å². The summed E-state index contributed by atoms with van der Waals surface area (Å²) in [6.45, 7) is 0.674. The van der Waals surface area contributed by atoms with Crippen molar-refractivity contribution in [2.24, 2.45) is 0 Å². The summed E-state index contributed by atoms with van der Waals surface area (Å²) in [6, 6.07) is 14.2. The van der Waals surface area contributed by atoms with Crippen LogP contribution in [0.15, 0.2) is 63.7 Å². The molecule has 1 aromatic carbocycles. The number of hydrogen-bond donors (Lipinski definition) is 1. The Kier molecular flexibility index (Phi) is 5.22. The number of benzene rings is 1. The molecule has 6 nitrogen and oxygen atoms in total. The van der Waals surface area contributed by atoms with Gasteiger partial charge in [0.1, 0.15) is 12.3 Å². The van der Waals surface area contributed by atoms with Crippen LogP contribution in [-0.2, 0) is 0 Å². The number of carbonyl (C=O) groups excluding carboxylic acids is 1. The molecule has 0 fully saturated rings. The molecule has 3 aromatic rings. The number of aromatic nitrogens is 2. The second kappa shape index (κ2) is 7.74. The number of rotatable bonds is 6. The SMILES string of the molecule is O=C(NCCOc1ccc(-c2ccco2)nn1)c1ccc(Br)cc1. The molecule has 24 heavy (non-hydrogen) atoms. The van der Waals surface area contributed by atoms with Crippen LogP contribution in [0.3, 0.4) is 0 Å². The summed E-state index contributed by atoms with van der Waals surface area (Å²) in [5.74, 6) is 0.893. The Balaban J connectivity index is 1.45. The van der Waals surface area contributed by atoms with Gasteiger partial charge in [-0.1, -0.05) is 15.9 Å². The molecule has 3 rings (SSSR count). The van der Waals surface area contributed by atoms with Crippen LogP contribution in [0, 0.1) is 0 Å². The maximum absolute atomic E-state index is 11.9. The molecular formula is C17H14BrN3O3. The lowest BCUT2D eigenvalue weighted by Crippen LogP contribution is -2.28. The van der Waals surface area contributed by atoms with Gasteiger partial charge in [0.05, 0.1) is 12.8 Å². The molecule has 1 amide bonds. The predicted molar refractivity (Wildman–Crippen MR) is 91.7 cm³/mol. The van der Waals surface area contributed by atoms with Gasteiger partial charge in [0.25, 0.3) is 5.91 Å². The molecule has 0 atom stereocenters. The molecule has 2 aromatic heterocycles. The summed E-state index contributed by atoms with van der Waals surface area (Å²) < 4.78 is 11.6. The molecule has 0 aliphatic heterocycles. The maximum Gasteiger partial charge on any atom is 0.251 e. The van der Waals surface area contributed by atoms with Crippen LogP contribution in [-0.4, -0.2) is 29.3 Å². The van der Waals surface area contributed by atoms with Gasteiger partial charge in [0, 0.05) is 16.1 Å². The molecule has 1 N–H and O–H groups in total. The van der Waals surface area contributed by atoms with E-state index in [4.69, 9.17) is 9.15 Å². The first-order chi connectivity index (χ1) is 11.7. The third-order valence-corrected chi connectivity index (χ3v) is 3.69. The van der Waals surface area contributed by atoms with Crippen molar-refractivity contribution in [1.82, 2.24) is 15.5 Å². The summed E-state index contributed by atoms with van der Waals surface area (Å²) in [6.07, 6.45) is 1.58. The van der Waals surface area contributed by atoms with Crippen molar-refractivity contribution < 1.29 is 13.9 Å². The second-order valence-corrected chi connectivity index (χ2v) is 5.76. The number of hydrogen-bond acceptors (Lipinski definition) is 5. The number of carbonyl (C=O) groups is 1. The Bertz CT molecular complexity index is 787. The summed E-state index contributed by atoms with van der Waals surface area (Å²) in [5.41, 5.74) is 1.23. The van der Waals surface area contributed by atoms with Crippen molar-refractivity contribution in [3.05, 3.63) is 64.8 Å². The molecule has 0 aliphatic rings. The van der Waals surface area contributed by atoms with E-state index in [9.17, 15) is 4.79 Å². The Hall–Kier alpha value is -2.67. The van der Waals surface area contributed by atoms with Gasteiger partial charge in [0.15, 0.2) is 5.76 Å². The van der Waals surface area contributed by atoms with E-state index in [0.29, 0.717) is 36.0 Å². The van der Waals surface area contributed by atoms with Crippen LogP contribution in [0.4, 0.5) is 0 Å².